The van der Waals surface area contributed by atoms with Gasteiger partial charge in [-0.1, -0.05) is 15.9 Å². The first kappa shape index (κ1) is 15.6. The Labute approximate surface area is 131 Å². The minimum atomic E-state index is -0.814. The summed E-state index contributed by atoms with van der Waals surface area (Å²) in [5.74, 6) is 0.206. The third-order valence-corrected chi connectivity index (χ3v) is 3.11. The normalized spacial score (nSPS) is 17.9. The largest absolute Gasteiger partial charge is 0.489 e. The van der Waals surface area contributed by atoms with E-state index in [1.165, 1.54) is 0 Å². The molecule has 1 atom stereocenters. The fourth-order valence-electron chi connectivity index (χ4n) is 1.75. The molecule has 2 rings (SSSR count). The highest BCUT2D eigenvalue weighted by Gasteiger charge is 2.28. The van der Waals surface area contributed by atoms with Crippen molar-refractivity contribution in [1.82, 2.24) is 5.32 Å². The molecule has 2 N–H and O–H groups in total. The minimum absolute atomic E-state index is 0.0414. The number of anilines is 1. The van der Waals surface area contributed by atoms with Gasteiger partial charge in [0.05, 0.1) is 5.69 Å². The van der Waals surface area contributed by atoms with E-state index in [-0.39, 0.29) is 12.5 Å². The highest BCUT2D eigenvalue weighted by atomic mass is 79.9. The monoisotopic (exact) mass is 356 g/mol. The number of carbonyl (C=O) groups excluding carboxylic acids is 2. The summed E-state index contributed by atoms with van der Waals surface area (Å²) in [5, 5.41) is 5.22. The van der Waals surface area contributed by atoms with E-state index in [0.29, 0.717) is 11.4 Å². The molecule has 1 aliphatic rings. The number of halogens is 1. The number of ether oxygens (including phenoxy) is 2. The summed E-state index contributed by atoms with van der Waals surface area (Å²) in [7, 11) is 0. The number of benzene rings is 1. The lowest BCUT2D eigenvalue weighted by atomic mass is 10.2. The molecule has 0 bridgehead atoms. The number of hydrogen-bond donors (Lipinski definition) is 2. The molecule has 2 amide bonds. The molecule has 1 heterocycles. The van der Waals surface area contributed by atoms with Crippen molar-refractivity contribution < 1.29 is 19.1 Å². The Bertz CT molecular complexity index is 569. The molecule has 6 nitrogen and oxygen atoms in total. The maximum atomic E-state index is 12.1. The number of alkyl carbamates (subject to hydrolysis) is 1. The highest BCUT2D eigenvalue weighted by Crippen LogP contribution is 2.30. The van der Waals surface area contributed by atoms with Crippen molar-refractivity contribution in [2.75, 3.05) is 11.9 Å². The molecule has 0 radical (unpaired) electrons. The van der Waals surface area contributed by atoms with Gasteiger partial charge in [-0.25, -0.2) is 4.79 Å². The van der Waals surface area contributed by atoms with Crippen molar-refractivity contribution >= 4 is 33.6 Å². The Hall–Kier alpha value is -1.76. The van der Waals surface area contributed by atoms with E-state index in [0.717, 1.165) is 4.47 Å². The second-order valence-corrected chi connectivity index (χ2v) is 6.56. The molecule has 114 valence electrons. The average Bonchev–Trinajstić information content (AvgIpc) is 2.47. The molecular weight excluding hydrogens is 340 g/mol. The number of rotatable bonds is 1. The van der Waals surface area contributed by atoms with Gasteiger partial charge in [-0.2, -0.15) is 0 Å². The summed E-state index contributed by atoms with van der Waals surface area (Å²) < 4.78 is 11.5. The Morgan fingerprint density at radius 1 is 1.48 bits per heavy atom. The van der Waals surface area contributed by atoms with Gasteiger partial charge in [-0.05, 0) is 39.0 Å². The van der Waals surface area contributed by atoms with Crippen molar-refractivity contribution in [3.8, 4) is 5.75 Å². The number of nitrogens with one attached hydrogen (secondary N) is 2. The summed E-state index contributed by atoms with van der Waals surface area (Å²) in [4.78, 5) is 23.8. The van der Waals surface area contributed by atoms with Crippen molar-refractivity contribution in [3.05, 3.63) is 22.7 Å². The second-order valence-electron chi connectivity index (χ2n) is 5.64. The maximum Gasteiger partial charge on any atom is 0.408 e. The fourth-order valence-corrected chi connectivity index (χ4v) is 2.11. The molecule has 1 aromatic rings. The molecule has 1 unspecified atom stereocenters. The zero-order chi connectivity index (χ0) is 15.6. The molecule has 0 spiro atoms. The van der Waals surface area contributed by atoms with E-state index in [2.05, 4.69) is 26.6 Å². The van der Waals surface area contributed by atoms with Crippen LogP contribution in [0.2, 0.25) is 0 Å². The van der Waals surface area contributed by atoms with Crippen LogP contribution in [0, 0.1) is 0 Å². The van der Waals surface area contributed by atoms with E-state index < -0.39 is 17.7 Å². The van der Waals surface area contributed by atoms with Crippen molar-refractivity contribution in [1.29, 1.82) is 0 Å². The molecule has 0 aromatic heterocycles. The number of amides is 2. The third-order valence-electron chi connectivity index (χ3n) is 2.61. The first-order valence-corrected chi connectivity index (χ1v) is 7.26. The Morgan fingerprint density at radius 3 is 2.86 bits per heavy atom. The summed E-state index contributed by atoms with van der Waals surface area (Å²) >= 11 is 3.33. The average molecular weight is 357 g/mol. The van der Waals surface area contributed by atoms with Crippen LogP contribution in [0.25, 0.3) is 0 Å². The van der Waals surface area contributed by atoms with E-state index in [4.69, 9.17) is 9.47 Å². The zero-order valence-corrected chi connectivity index (χ0v) is 13.6. The van der Waals surface area contributed by atoms with Gasteiger partial charge in [0.15, 0.2) is 0 Å². The van der Waals surface area contributed by atoms with Gasteiger partial charge in [0, 0.05) is 4.47 Å². The van der Waals surface area contributed by atoms with Crippen LogP contribution in [0.4, 0.5) is 10.5 Å². The maximum absolute atomic E-state index is 12.1. The van der Waals surface area contributed by atoms with Gasteiger partial charge in [-0.3, -0.25) is 4.79 Å². The van der Waals surface area contributed by atoms with Crippen molar-refractivity contribution in [3.63, 3.8) is 0 Å². The van der Waals surface area contributed by atoms with E-state index in [1.54, 1.807) is 32.9 Å². The van der Waals surface area contributed by atoms with Crippen LogP contribution < -0.4 is 15.4 Å². The lowest BCUT2D eigenvalue weighted by molar-refractivity contribution is -0.118. The third kappa shape index (κ3) is 4.35. The van der Waals surface area contributed by atoms with Crippen LogP contribution in [0.1, 0.15) is 20.8 Å². The summed E-state index contributed by atoms with van der Waals surface area (Å²) in [5.41, 5.74) is -0.0668. The van der Waals surface area contributed by atoms with Crippen LogP contribution in [0.15, 0.2) is 22.7 Å². The standard InChI is InChI=1S/C14H17BrN2O4/c1-14(2,3)21-13(19)17-10-7-20-11-5-4-8(15)6-9(11)16-12(10)18/h4-6,10H,7H2,1-3H3,(H,16,18)(H,17,19). The predicted molar refractivity (Wildman–Crippen MR) is 81.4 cm³/mol. The Kier molecular flexibility index (Phi) is 4.41. The molecular formula is C14H17BrN2O4. The SMILES string of the molecule is CC(C)(C)OC(=O)NC1COc2ccc(Br)cc2NC1=O. The van der Waals surface area contributed by atoms with Crippen molar-refractivity contribution in [2.24, 2.45) is 0 Å². The zero-order valence-electron chi connectivity index (χ0n) is 12.0. The van der Waals surface area contributed by atoms with Crippen LogP contribution in [0.3, 0.4) is 0 Å². The smallest absolute Gasteiger partial charge is 0.408 e. The van der Waals surface area contributed by atoms with Crippen LogP contribution >= 0.6 is 15.9 Å². The van der Waals surface area contributed by atoms with Gasteiger partial charge >= 0.3 is 6.09 Å². The van der Waals surface area contributed by atoms with E-state index in [1.807, 2.05) is 6.07 Å². The molecule has 21 heavy (non-hydrogen) atoms. The van der Waals surface area contributed by atoms with Crippen LogP contribution in [-0.4, -0.2) is 30.3 Å². The fraction of sp³-hybridized carbons (Fsp3) is 0.429. The molecule has 1 aromatic carbocycles. The lowest BCUT2D eigenvalue weighted by Crippen LogP contribution is -2.48. The quantitative estimate of drug-likeness (QED) is 0.810. The lowest BCUT2D eigenvalue weighted by Gasteiger charge is -2.22. The molecule has 0 aliphatic carbocycles. The summed E-state index contributed by atoms with van der Waals surface area (Å²) in [6, 6.07) is 4.48. The topological polar surface area (TPSA) is 76.7 Å². The van der Waals surface area contributed by atoms with Crippen LogP contribution in [0.5, 0.6) is 5.75 Å². The molecule has 7 heteroatoms. The van der Waals surface area contributed by atoms with Gasteiger partial charge in [0.2, 0.25) is 0 Å². The number of fused-ring (bicyclic) bond motifs is 1. The van der Waals surface area contributed by atoms with E-state index in [9.17, 15) is 9.59 Å². The molecule has 0 fully saturated rings. The van der Waals surface area contributed by atoms with Gasteiger partial charge in [0.25, 0.3) is 5.91 Å². The molecule has 0 saturated heterocycles. The molecule has 1 aliphatic heterocycles. The highest BCUT2D eigenvalue weighted by molar-refractivity contribution is 9.10. The summed E-state index contributed by atoms with van der Waals surface area (Å²) in [6.07, 6.45) is -0.654. The predicted octanol–water partition coefficient (Wildman–Crippen LogP) is 2.67. The Morgan fingerprint density at radius 2 is 2.19 bits per heavy atom. The van der Waals surface area contributed by atoms with Gasteiger partial charge < -0.3 is 20.1 Å². The number of hydrogen-bond acceptors (Lipinski definition) is 4. The Balaban J connectivity index is 2.05. The number of carbonyl (C=O) groups is 2. The van der Waals surface area contributed by atoms with Gasteiger partial charge in [0.1, 0.15) is 24.0 Å². The molecule has 0 saturated carbocycles. The van der Waals surface area contributed by atoms with E-state index >= 15 is 0 Å². The first-order chi connectivity index (χ1) is 9.74. The second kappa shape index (κ2) is 5.93. The summed E-state index contributed by atoms with van der Waals surface area (Å²) in [6.45, 7) is 5.30. The minimum Gasteiger partial charge on any atom is -0.489 e. The first-order valence-electron chi connectivity index (χ1n) is 6.47. The van der Waals surface area contributed by atoms with Crippen molar-refractivity contribution in [2.45, 2.75) is 32.4 Å². The van der Waals surface area contributed by atoms with Crippen LogP contribution in [-0.2, 0) is 9.53 Å². The van der Waals surface area contributed by atoms with Gasteiger partial charge in [-0.15, -0.1) is 0 Å².